The van der Waals surface area contributed by atoms with E-state index >= 15 is 0 Å². The molecule has 1 aliphatic heterocycles. The summed E-state index contributed by atoms with van der Waals surface area (Å²) in [7, 11) is 3.14. The Balaban J connectivity index is 1.91. The molecule has 1 heterocycles. The third kappa shape index (κ3) is 2.83. The molecule has 1 N–H and O–H groups in total. The summed E-state index contributed by atoms with van der Waals surface area (Å²) in [5.41, 5.74) is -0.174. The fourth-order valence-corrected chi connectivity index (χ4v) is 4.13. The lowest BCUT2D eigenvalue weighted by Crippen LogP contribution is -2.48. The largest absolute Gasteiger partial charge is 0.497 e. The molecule has 0 radical (unpaired) electrons. The third-order valence-corrected chi connectivity index (χ3v) is 5.50. The van der Waals surface area contributed by atoms with Gasteiger partial charge < -0.3 is 14.6 Å². The van der Waals surface area contributed by atoms with Crippen molar-refractivity contribution < 1.29 is 19.4 Å². The number of rotatable bonds is 5. The van der Waals surface area contributed by atoms with Crippen molar-refractivity contribution in [2.45, 2.75) is 43.2 Å². The van der Waals surface area contributed by atoms with Crippen LogP contribution in [0, 0.1) is 0 Å². The van der Waals surface area contributed by atoms with Crippen molar-refractivity contribution in [1.29, 1.82) is 0 Å². The Morgan fingerprint density at radius 1 is 1.22 bits per heavy atom. The molecular formula is C18H25NO4. The standard InChI is InChI=1S/C18H25NO4/c1-22-15-9-7-13(8-10-15)16-11-19(14-5-3-4-6-14)12-18(16,23-2)17(20)21/h7-10,14,16H,3-6,11-12H2,1-2H3,(H,20,21)/t16-,18-/m0/s1. The SMILES string of the molecule is COc1ccc([C@@H]2CN(C3CCCC3)C[C@@]2(OC)C(=O)O)cc1. The summed E-state index contributed by atoms with van der Waals surface area (Å²) in [6, 6.07) is 8.18. The van der Waals surface area contributed by atoms with E-state index < -0.39 is 11.6 Å². The van der Waals surface area contributed by atoms with E-state index in [0.29, 0.717) is 12.6 Å². The van der Waals surface area contributed by atoms with Crippen molar-refractivity contribution in [2.75, 3.05) is 27.3 Å². The van der Waals surface area contributed by atoms with E-state index in [1.54, 1.807) is 7.11 Å². The molecule has 0 unspecified atom stereocenters. The van der Waals surface area contributed by atoms with Crippen LogP contribution in [0.4, 0.5) is 0 Å². The Morgan fingerprint density at radius 2 is 1.87 bits per heavy atom. The smallest absolute Gasteiger partial charge is 0.338 e. The molecule has 1 aliphatic carbocycles. The van der Waals surface area contributed by atoms with Crippen LogP contribution >= 0.6 is 0 Å². The summed E-state index contributed by atoms with van der Waals surface area (Å²) in [5, 5.41) is 9.88. The minimum Gasteiger partial charge on any atom is -0.497 e. The van der Waals surface area contributed by atoms with Gasteiger partial charge >= 0.3 is 5.97 Å². The number of ether oxygens (including phenoxy) is 2. The van der Waals surface area contributed by atoms with Crippen molar-refractivity contribution in [2.24, 2.45) is 0 Å². The molecule has 3 rings (SSSR count). The quantitative estimate of drug-likeness (QED) is 0.903. The van der Waals surface area contributed by atoms with Gasteiger partial charge in [-0.3, -0.25) is 4.90 Å². The van der Waals surface area contributed by atoms with Crippen LogP contribution in [0.1, 0.15) is 37.2 Å². The number of likely N-dealkylation sites (tertiary alicyclic amines) is 1. The summed E-state index contributed by atoms with van der Waals surface area (Å²) >= 11 is 0. The average molecular weight is 319 g/mol. The van der Waals surface area contributed by atoms with Crippen molar-refractivity contribution in [3.63, 3.8) is 0 Å². The molecule has 126 valence electrons. The van der Waals surface area contributed by atoms with Gasteiger partial charge in [-0.25, -0.2) is 4.79 Å². The number of carboxylic acid groups (broad SMARTS) is 1. The minimum atomic E-state index is -1.17. The molecule has 5 nitrogen and oxygen atoms in total. The molecule has 0 spiro atoms. The van der Waals surface area contributed by atoms with Gasteiger partial charge in [0.15, 0.2) is 5.60 Å². The van der Waals surface area contributed by atoms with Gasteiger partial charge in [-0.1, -0.05) is 25.0 Å². The second-order valence-corrected chi connectivity index (χ2v) is 6.59. The molecule has 2 atom stereocenters. The van der Waals surface area contributed by atoms with E-state index in [9.17, 15) is 9.90 Å². The molecule has 0 amide bonds. The Morgan fingerprint density at radius 3 is 2.39 bits per heavy atom. The molecule has 1 aromatic rings. The number of carbonyl (C=O) groups is 1. The lowest BCUT2D eigenvalue weighted by atomic mass is 9.84. The first kappa shape index (κ1) is 16.3. The molecule has 23 heavy (non-hydrogen) atoms. The zero-order valence-corrected chi connectivity index (χ0v) is 13.8. The highest BCUT2D eigenvalue weighted by molar-refractivity contribution is 5.80. The fraction of sp³-hybridized carbons (Fsp3) is 0.611. The van der Waals surface area contributed by atoms with E-state index in [0.717, 1.165) is 30.7 Å². The maximum absolute atomic E-state index is 12.0. The number of methoxy groups -OCH3 is 2. The fourth-order valence-electron chi connectivity index (χ4n) is 4.13. The number of hydrogen-bond donors (Lipinski definition) is 1. The first-order valence-electron chi connectivity index (χ1n) is 8.27. The summed E-state index contributed by atoms with van der Waals surface area (Å²) in [4.78, 5) is 14.4. The number of nitrogens with zero attached hydrogens (tertiary/aromatic N) is 1. The Labute approximate surface area is 137 Å². The van der Waals surface area contributed by atoms with E-state index in [1.807, 2.05) is 24.3 Å². The summed E-state index contributed by atoms with van der Waals surface area (Å²) in [6.45, 7) is 1.19. The van der Waals surface area contributed by atoms with Crippen molar-refractivity contribution >= 4 is 5.97 Å². The van der Waals surface area contributed by atoms with Gasteiger partial charge in [-0.05, 0) is 30.5 Å². The van der Waals surface area contributed by atoms with Gasteiger partial charge in [0.05, 0.1) is 7.11 Å². The predicted molar refractivity (Wildman–Crippen MR) is 86.9 cm³/mol. The number of hydrogen-bond acceptors (Lipinski definition) is 4. The van der Waals surface area contributed by atoms with Crippen LogP contribution < -0.4 is 4.74 Å². The summed E-state index contributed by atoms with van der Waals surface area (Å²) in [5.74, 6) is -0.268. The molecule has 2 aliphatic rings. The zero-order chi connectivity index (χ0) is 16.4. The minimum absolute atomic E-state index is 0.170. The molecule has 1 aromatic carbocycles. The number of benzene rings is 1. The topological polar surface area (TPSA) is 59.0 Å². The van der Waals surface area contributed by atoms with Crippen LogP contribution in [0.15, 0.2) is 24.3 Å². The first-order valence-corrected chi connectivity index (χ1v) is 8.27. The van der Waals surface area contributed by atoms with Crippen molar-refractivity contribution in [3.8, 4) is 5.75 Å². The summed E-state index contributed by atoms with van der Waals surface area (Å²) in [6.07, 6.45) is 4.80. The highest BCUT2D eigenvalue weighted by atomic mass is 16.5. The molecule has 5 heteroatoms. The van der Waals surface area contributed by atoms with Gasteiger partial charge in [0.1, 0.15) is 5.75 Å². The normalized spacial score (nSPS) is 29.0. The van der Waals surface area contributed by atoms with E-state index in [-0.39, 0.29) is 5.92 Å². The van der Waals surface area contributed by atoms with Crippen LogP contribution in [0.2, 0.25) is 0 Å². The zero-order valence-electron chi connectivity index (χ0n) is 13.8. The maximum atomic E-state index is 12.0. The third-order valence-electron chi connectivity index (χ3n) is 5.50. The molecule has 0 aromatic heterocycles. The van der Waals surface area contributed by atoms with Crippen LogP contribution in [-0.4, -0.2) is 54.9 Å². The number of aliphatic carboxylic acids is 1. The van der Waals surface area contributed by atoms with Gasteiger partial charge in [0.25, 0.3) is 0 Å². The first-order chi connectivity index (χ1) is 11.1. The molecule has 2 fully saturated rings. The average Bonchev–Trinajstić information content (AvgIpc) is 3.22. The van der Waals surface area contributed by atoms with E-state index in [4.69, 9.17) is 9.47 Å². The maximum Gasteiger partial charge on any atom is 0.338 e. The van der Waals surface area contributed by atoms with Gasteiger partial charge in [-0.2, -0.15) is 0 Å². The highest BCUT2D eigenvalue weighted by Gasteiger charge is 2.55. The van der Waals surface area contributed by atoms with Crippen LogP contribution in [-0.2, 0) is 9.53 Å². The number of carboxylic acids is 1. The van der Waals surface area contributed by atoms with Crippen molar-refractivity contribution in [3.05, 3.63) is 29.8 Å². The molecular weight excluding hydrogens is 294 g/mol. The molecule has 1 saturated carbocycles. The molecule has 0 bridgehead atoms. The predicted octanol–water partition coefficient (Wildman–Crippen LogP) is 2.51. The Bertz CT molecular complexity index is 553. The van der Waals surface area contributed by atoms with Crippen LogP contribution in [0.3, 0.4) is 0 Å². The lowest BCUT2D eigenvalue weighted by molar-refractivity contribution is -0.162. The Hall–Kier alpha value is -1.59. The Kier molecular flexibility index (Phi) is 4.60. The second-order valence-electron chi connectivity index (χ2n) is 6.59. The molecule has 1 saturated heterocycles. The lowest BCUT2D eigenvalue weighted by Gasteiger charge is -2.29. The second kappa shape index (κ2) is 6.49. The van der Waals surface area contributed by atoms with Crippen LogP contribution in [0.5, 0.6) is 5.75 Å². The van der Waals surface area contributed by atoms with E-state index in [1.165, 1.54) is 20.0 Å². The van der Waals surface area contributed by atoms with Gasteiger partial charge in [0.2, 0.25) is 0 Å². The highest BCUT2D eigenvalue weighted by Crippen LogP contribution is 2.42. The van der Waals surface area contributed by atoms with Gasteiger partial charge in [0, 0.05) is 32.2 Å². The van der Waals surface area contributed by atoms with Gasteiger partial charge in [-0.15, -0.1) is 0 Å². The van der Waals surface area contributed by atoms with E-state index in [2.05, 4.69) is 4.90 Å². The van der Waals surface area contributed by atoms with Crippen molar-refractivity contribution in [1.82, 2.24) is 4.90 Å². The van der Waals surface area contributed by atoms with Crippen LogP contribution in [0.25, 0.3) is 0 Å². The monoisotopic (exact) mass is 319 g/mol. The summed E-state index contributed by atoms with van der Waals surface area (Å²) < 4.78 is 10.8.